The molecule has 0 unspecified atom stereocenters. The van der Waals surface area contributed by atoms with E-state index in [0.29, 0.717) is 41.7 Å². The van der Waals surface area contributed by atoms with Gasteiger partial charge in [-0.3, -0.25) is 0 Å². The van der Waals surface area contributed by atoms with E-state index < -0.39 is 5.82 Å². The van der Waals surface area contributed by atoms with Crippen LogP contribution in [0.4, 0.5) is 15.9 Å². The van der Waals surface area contributed by atoms with Crippen molar-refractivity contribution in [2.75, 3.05) is 38.7 Å². The molecule has 1 aromatic heterocycles. The molecule has 0 saturated carbocycles. The van der Waals surface area contributed by atoms with Crippen LogP contribution in [-0.4, -0.2) is 49.5 Å². The van der Waals surface area contributed by atoms with Gasteiger partial charge < -0.3 is 24.8 Å². The smallest absolute Gasteiger partial charge is 0.163 e. The largest absolute Gasteiger partial charge is 0.493 e. The molecule has 2 aromatic carbocycles. The highest BCUT2D eigenvalue weighted by Gasteiger charge is 2.17. The van der Waals surface area contributed by atoms with Gasteiger partial charge in [-0.2, -0.15) is 0 Å². The Balaban J connectivity index is 1.61. The van der Waals surface area contributed by atoms with Gasteiger partial charge in [0.2, 0.25) is 0 Å². The van der Waals surface area contributed by atoms with Crippen molar-refractivity contribution >= 4 is 34.0 Å². The van der Waals surface area contributed by atoms with Crippen LogP contribution in [0.15, 0.2) is 36.7 Å². The Morgan fingerprint density at radius 2 is 2.17 bits per heavy atom. The van der Waals surface area contributed by atoms with Gasteiger partial charge in [0.25, 0.3) is 0 Å². The van der Waals surface area contributed by atoms with Gasteiger partial charge in [0.15, 0.2) is 11.5 Å². The molecule has 1 fully saturated rings. The average molecular weight is 419 g/mol. The van der Waals surface area contributed by atoms with E-state index >= 15 is 0 Å². The summed E-state index contributed by atoms with van der Waals surface area (Å²) < 4.78 is 30.5. The van der Waals surface area contributed by atoms with Crippen LogP contribution in [-0.2, 0) is 4.74 Å². The lowest BCUT2D eigenvalue weighted by Gasteiger charge is -2.24. The molecule has 0 spiro atoms. The van der Waals surface area contributed by atoms with E-state index in [0.717, 1.165) is 18.5 Å². The van der Waals surface area contributed by atoms with Crippen LogP contribution < -0.4 is 20.1 Å². The van der Waals surface area contributed by atoms with Gasteiger partial charge in [0.1, 0.15) is 30.7 Å². The van der Waals surface area contributed by atoms with E-state index in [1.807, 2.05) is 0 Å². The molecule has 152 valence electrons. The molecule has 0 amide bonds. The maximum absolute atomic E-state index is 13.4. The topological polar surface area (TPSA) is 77.5 Å². The zero-order valence-corrected chi connectivity index (χ0v) is 16.5. The van der Waals surface area contributed by atoms with Crippen molar-refractivity contribution in [3.63, 3.8) is 0 Å². The maximum atomic E-state index is 13.4. The molecule has 1 saturated heterocycles. The van der Waals surface area contributed by atoms with Crippen molar-refractivity contribution < 1.29 is 18.6 Å². The number of nitrogens with one attached hydrogen (secondary N) is 2. The second-order valence-electron chi connectivity index (χ2n) is 6.50. The highest BCUT2D eigenvalue weighted by molar-refractivity contribution is 6.31. The zero-order chi connectivity index (χ0) is 20.2. The Morgan fingerprint density at radius 3 is 2.93 bits per heavy atom. The third-order valence-electron chi connectivity index (χ3n) is 4.53. The molecule has 2 N–H and O–H groups in total. The number of methoxy groups -OCH3 is 1. The molecule has 29 heavy (non-hydrogen) atoms. The number of morpholine rings is 1. The first-order valence-corrected chi connectivity index (χ1v) is 9.52. The molecule has 7 nitrogen and oxygen atoms in total. The van der Waals surface area contributed by atoms with Crippen molar-refractivity contribution in [3.05, 3.63) is 47.5 Å². The first-order valence-electron chi connectivity index (χ1n) is 9.14. The number of fused-ring (bicyclic) bond motifs is 1. The predicted octanol–water partition coefficient (Wildman–Crippen LogP) is 3.54. The van der Waals surface area contributed by atoms with Crippen molar-refractivity contribution in [1.82, 2.24) is 15.3 Å². The number of ether oxygens (including phenoxy) is 3. The summed E-state index contributed by atoms with van der Waals surface area (Å²) in [5.41, 5.74) is 1.28. The molecule has 4 rings (SSSR count). The minimum atomic E-state index is -0.481. The number of anilines is 2. The highest BCUT2D eigenvalue weighted by Crippen LogP contribution is 2.35. The van der Waals surface area contributed by atoms with Crippen LogP contribution in [0, 0.1) is 5.82 Å². The number of nitrogens with zero attached hydrogens (tertiary/aromatic N) is 2. The zero-order valence-electron chi connectivity index (χ0n) is 15.7. The van der Waals surface area contributed by atoms with Gasteiger partial charge in [-0.15, -0.1) is 0 Å². The molecule has 0 radical (unpaired) electrons. The van der Waals surface area contributed by atoms with Crippen molar-refractivity contribution in [3.8, 4) is 11.5 Å². The fourth-order valence-corrected chi connectivity index (χ4v) is 3.24. The summed E-state index contributed by atoms with van der Waals surface area (Å²) in [5.74, 6) is 1.19. The first-order chi connectivity index (χ1) is 14.1. The second kappa shape index (κ2) is 8.77. The SMILES string of the molecule is COc1cc2c(Nc3ccc(F)c(Cl)c3)ncnc2cc1OC[C@@H]1CNCCO1. The van der Waals surface area contributed by atoms with Crippen molar-refractivity contribution in [2.24, 2.45) is 0 Å². The Bertz CT molecular complexity index is 1010. The molecule has 2 heterocycles. The van der Waals surface area contributed by atoms with Crippen LogP contribution in [0.2, 0.25) is 5.02 Å². The predicted molar refractivity (Wildman–Crippen MR) is 109 cm³/mol. The van der Waals surface area contributed by atoms with Crippen LogP contribution in [0.1, 0.15) is 0 Å². The number of benzene rings is 2. The lowest BCUT2D eigenvalue weighted by molar-refractivity contribution is -0.000235. The van der Waals surface area contributed by atoms with Crippen LogP contribution >= 0.6 is 11.6 Å². The number of hydrogen-bond acceptors (Lipinski definition) is 7. The van der Waals surface area contributed by atoms with E-state index in [9.17, 15) is 4.39 Å². The molecule has 0 aliphatic carbocycles. The molecular formula is C20H20ClFN4O3. The quantitative estimate of drug-likeness (QED) is 0.634. The fourth-order valence-electron chi connectivity index (χ4n) is 3.06. The average Bonchev–Trinajstić information content (AvgIpc) is 2.75. The van der Waals surface area contributed by atoms with E-state index in [4.69, 9.17) is 25.8 Å². The van der Waals surface area contributed by atoms with E-state index in [1.54, 1.807) is 25.3 Å². The van der Waals surface area contributed by atoms with Crippen molar-refractivity contribution in [2.45, 2.75) is 6.10 Å². The minimum absolute atomic E-state index is 0.0185. The lowest BCUT2D eigenvalue weighted by atomic mass is 10.2. The van der Waals surface area contributed by atoms with Crippen molar-refractivity contribution in [1.29, 1.82) is 0 Å². The van der Waals surface area contributed by atoms with Gasteiger partial charge in [-0.05, 0) is 24.3 Å². The van der Waals surface area contributed by atoms with Gasteiger partial charge in [0, 0.05) is 30.2 Å². The van der Waals surface area contributed by atoms with Gasteiger partial charge in [-0.1, -0.05) is 11.6 Å². The summed E-state index contributed by atoms with van der Waals surface area (Å²) in [6.45, 7) is 2.66. The van der Waals surface area contributed by atoms with E-state index in [-0.39, 0.29) is 11.1 Å². The Kier molecular flexibility index (Phi) is 5.94. The summed E-state index contributed by atoms with van der Waals surface area (Å²) in [5, 5.41) is 7.17. The summed E-state index contributed by atoms with van der Waals surface area (Å²) >= 11 is 5.87. The van der Waals surface area contributed by atoms with Gasteiger partial charge in [0.05, 0.1) is 24.3 Å². The van der Waals surface area contributed by atoms with Crippen LogP contribution in [0.25, 0.3) is 10.9 Å². The molecular weight excluding hydrogens is 399 g/mol. The molecule has 1 aliphatic rings. The molecule has 3 aromatic rings. The minimum Gasteiger partial charge on any atom is -0.493 e. The molecule has 1 atom stereocenters. The lowest BCUT2D eigenvalue weighted by Crippen LogP contribution is -2.41. The highest BCUT2D eigenvalue weighted by atomic mass is 35.5. The monoisotopic (exact) mass is 418 g/mol. The molecule has 0 bridgehead atoms. The summed E-state index contributed by atoms with van der Waals surface area (Å²) in [4.78, 5) is 8.62. The summed E-state index contributed by atoms with van der Waals surface area (Å²) in [7, 11) is 1.57. The molecule has 9 heteroatoms. The van der Waals surface area contributed by atoms with Gasteiger partial charge in [-0.25, -0.2) is 14.4 Å². The Hall–Kier alpha value is -2.68. The number of hydrogen-bond donors (Lipinski definition) is 2. The standard InChI is InChI=1S/C20H20ClFN4O3/c1-27-18-7-14-17(8-19(18)29-10-13-9-23-4-5-28-13)24-11-25-20(14)26-12-2-3-16(22)15(21)6-12/h2-3,6-8,11,13,23H,4-5,9-10H2,1H3,(H,24,25,26)/t13-/m0/s1. The normalized spacial score (nSPS) is 16.6. The number of halogens is 2. The van der Waals surface area contributed by atoms with E-state index in [2.05, 4.69) is 20.6 Å². The number of rotatable bonds is 6. The number of aromatic nitrogens is 2. The first kappa shape index (κ1) is 19.6. The third-order valence-corrected chi connectivity index (χ3v) is 4.82. The Labute approximate surface area is 172 Å². The van der Waals surface area contributed by atoms with Crippen LogP contribution in [0.3, 0.4) is 0 Å². The maximum Gasteiger partial charge on any atom is 0.163 e. The second-order valence-corrected chi connectivity index (χ2v) is 6.91. The third kappa shape index (κ3) is 4.50. The van der Waals surface area contributed by atoms with Gasteiger partial charge >= 0.3 is 0 Å². The Morgan fingerprint density at radius 1 is 1.28 bits per heavy atom. The van der Waals surface area contributed by atoms with E-state index in [1.165, 1.54) is 18.5 Å². The fraction of sp³-hybridized carbons (Fsp3) is 0.300. The summed E-state index contributed by atoms with van der Waals surface area (Å²) in [6, 6.07) is 7.98. The molecule has 1 aliphatic heterocycles. The summed E-state index contributed by atoms with van der Waals surface area (Å²) in [6.07, 6.45) is 1.43. The van der Waals surface area contributed by atoms with Crippen LogP contribution in [0.5, 0.6) is 11.5 Å².